The van der Waals surface area contributed by atoms with Crippen LogP contribution in [-0.2, 0) is 4.74 Å². The smallest absolute Gasteiger partial charge is 0.316 e. The van der Waals surface area contributed by atoms with Crippen molar-refractivity contribution in [1.82, 2.24) is 0 Å². The average molecular weight is 248 g/mol. The molecular formula is C14H20O2Si. The van der Waals surface area contributed by atoms with E-state index in [2.05, 4.69) is 20.4 Å². The first kappa shape index (κ1) is 14.0. The van der Waals surface area contributed by atoms with Gasteiger partial charge in [-0.25, -0.2) is 0 Å². The molecule has 0 amide bonds. The molecule has 3 heteroatoms. The molecule has 2 nitrogen and oxygen atoms in total. The highest BCUT2D eigenvalue weighted by Crippen LogP contribution is 2.20. The molecule has 1 aromatic rings. The van der Waals surface area contributed by atoms with Crippen molar-refractivity contribution in [2.45, 2.75) is 31.9 Å². The summed E-state index contributed by atoms with van der Waals surface area (Å²) < 4.78 is 11.2. The third kappa shape index (κ3) is 4.36. The zero-order chi connectivity index (χ0) is 12.7. The van der Waals surface area contributed by atoms with E-state index in [9.17, 15) is 0 Å². The summed E-state index contributed by atoms with van der Waals surface area (Å²) in [6, 6.07) is 7.98. The van der Waals surface area contributed by atoms with Gasteiger partial charge in [-0.1, -0.05) is 38.1 Å². The molecule has 2 radical (unpaired) electrons. The predicted octanol–water partition coefficient (Wildman–Crippen LogP) is 3.56. The number of benzene rings is 1. The van der Waals surface area contributed by atoms with Crippen LogP contribution in [0.4, 0.5) is 0 Å². The number of hydrogen-bond donors (Lipinski definition) is 0. The molecule has 0 saturated heterocycles. The maximum Gasteiger partial charge on any atom is 0.316 e. The Morgan fingerprint density at radius 2 is 2.24 bits per heavy atom. The second kappa shape index (κ2) is 7.30. The molecule has 2 unspecified atom stereocenters. The summed E-state index contributed by atoms with van der Waals surface area (Å²) in [6.07, 6.45) is 3.13. The first-order valence-electron chi connectivity index (χ1n) is 5.89. The molecule has 0 aliphatic rings. The minimum Gasteiger partial charge on any atom is -0.540 e. The molecule has 0 aliphatic carbocycles. The van der Waals surface area contributed by atoms with E-state index in [0.29, 0.717) is 15.3 Å². The van der Waals surface area contributed by atoms with Gasteiger partial charge in [0.05, 0.1) is 6.10 Å². The van der Waals surface area contributed by atoms with Crippen molar-refractivity contribution >= 4 is 15.8 Å². The fourth-order valence-electron chi connectivity index (χ4n) is 1.52. The SMILES string of the molecule is C=Cc1cccc(O[Si]C(CC)C(C)OC)c1. The summed E-state index contributed by atoms with van der Waals surface area (Å²) in [5, 5.41) is 0. The topological polar surface area (TPSA) is 18.5 Å². The zero-order valence-corrected chi connectivity index (χ0v) is 11.8. The Morgan fingerprint density at radius 3 is 2.82 bits per heavy atom. The van der Waals surface area contributed by atoms with E-state index < -0.39 is 0 Å². The summed E-state index contributed by atoms with van der Waals surface area (Å²) in [4.78, 5) is 0. The number of rotatable bonds is 7. The normalized spacial score (nSPS) is 14.1. The molecule has 1 aromatic carbocycles. The van der Waals surface area contributed by atoms with E-state index in [0.717, 1.165) is 17.7 Å². The molecule has 0 aliphatic heterocycles. The van der Waals surface area contributed by atoms with Crippen LogP contribution in [0.15, 0.2) is 30.8 Å². The van der Waals surface area contributed by atoms with Crippen molar-refractivity contribution in [3.05, 3.63) is 36.4 Å². The highest BCUT2D eigenvalue weighted by atomic mass is 28.2. The summed E-state index contributed by atoms with van der Waals surface area (Å²) >= 11 is 0. The summed E-state index contributed by atoms with van der Waals surface area (Å²) in [5.74, 6) is 0.905. The lowest BCUT2D eigenvalue weighted by Crippen LogP contribution is -2.22. The largest absolute Gasteiger partial charge is 0.540 e. The first-order valence-corrected chi connectivity index (χ1v) is 6.87. The predicted molar refractivity (Wildman–Crippen MR) is 73.4 cm³/mol. The fourth-order valence-corrected chi connectivity index (χ4v) is 2.43. The summed E-state index contributed by atoms with van der Waals surface area (Å²) in [6.45, 7) is 8.00. The lowest BCUT2D eigenvalue weighted by atomic mass is 10.2. The maximum atomic E-state index is 5.82. The van der Waals surface area contributed by atoms with Gasteiger partial charge in [0.15, 0.2) is 0 Å². The number of hydrogen-bond acceptors (Lipinski definition) is 2. The lowest BCUT2D eigenvalue weighted by Gasteiger charge is -2.19. The molecule has 0 fully saturated rings. The summed E-state index contributed by atoms with van der Waals surface area (Å²) in [7, 11) is 2.17. The molecular weight excluding hydrogens is 228 g/mol. The van der Waals surface area contributed by atoms with Gasteiger partial charge in [0.25, 0.3) is 0 Å². The van der Waals surface area contributed by atoms with Crippen molar-refractivity contribution in [2.75, 3.05) is 7.11 Å². The van der Waals surface area contributed by atoms with Gasteiger partial charge in [-0.15, -0.1) is 0 Å². The molecule has 1 rings (SSSR count). The van der Waals surface area contributed by atoms with E-state index in [4.69, 9.17) is 9.16 Å². The van der Waals surface area contributed by atoms with Gasteiger partial charge in [0.2, 0.25) is 0 Å². The summed E-state index contributed by atoms with van der Waals surface area (Å²) in [5.41, 5.74) is 1.53. The second-order valence-electron chi connectivity index (χ2n) is 3.95. The Bertz CT molecular complexity index is 352. The van der Waals surface area contributed by atoms with E-state index in [1.54, 1.807) is 7.11 Å². The van der Waals surface area contributed by atoms with Crippen molar-refractivity contribution in [1.29, 1.82) is 0 Å². The van der Waals surface area contributed by atoms with Crippen LogP contribution < -0.4 is 4.43 Å². The van der Waals surface area contributed by atoms with Gasteiger partial charge >= 0.3 is 9.76 Å². The van der Waals surface area contributed by atoms with E-state index in [1.807, 2.05) is 30.3 Å². The van der Waals surface area contributed by atoms with Crippen LogP contribution in [0.25, 0.3) is 6.08 Å². The molecule has 0 saturated carbocycles. The fraction of sp³-hybridized carbons (Fsp3) is 0.429. The molecule has 0 N–H and O–H groups in total. The van der Waals surface area contributed by atoms with E-state index in [1.165, 1.54) is 0 Å². The van der Waals surface area contributed by atoms with Gasteiger partial charge in [-0.05, 0) is 24.6 Å². The van der Waals surface area contributed by atoms with E-state index in [-0.39, 0.29) is 6.10 Å². The van der Waals surface area contributed by atoms with Crippen LogP contribution in [0.1, 0.15) is 25.8 Å². The highest BCUT2D eigenvalue weighted by Gasteiger charge is 2.18. The maximum absolute atomic E-state index is 5.82. The third-order valence-electron chi connectivity index (χ3n) is 2.80. The van der Waals surface area contributed by atoms with Gasteiger partial charge in [-0.2, -0.15) is 0 Å². The highest BCUT2D eigenvalue weighted by molar-refractivity contribution is 6.31. The Hall–Kier alpha value is -1.06. The van der Waals surface area contributed by atoms with Crippen LogP contribution in [0.5, 0.6) is 5.75 Å². The van der Waals surface area contributed by atoms with Crippen LogP contribution in [0.3, 0.4) is 0 Å². The van der Waals surface area contributed by atoms with Gasteiger partial charge in [0, 0.05) is 12.7 Å². The quantitative estimate of drug-likeness (QED) is 0.687. The number of ether oxygens (including phenoxy) is 1. The first-order chi connectivity index (χ1) is 8.21. The number of methoxy groups -OCH3 is 1. The van der Waals surface area contributed by atoms with E-state index >= 15 is 0 Å². The van der Waals surface area contributed by atoms with Gasteiger partial charge < -0.3 is 9.16 Å². The molecule has 92 valence electrons. The Labute approximate surface area is 107 Å². The van der Waals surface area contributed by atoms with Crippen molar-refractivity contribution in [2.24, 2.45) is 0 Å². The van der Waals surface area contributed by atoms with Gasteiger partial charge in [-0.3, -0.25) is 0 Å². The minimum absolute atomic E-state index is 0.237. The van der Waals surface area contributed by atoms with Crippen molar-refractivity contribution in [3.8, 4) is 5.75 Å². The molecule has 0 aromatic heterocycles. The Kier molecular flexibility index (Phi) is 6.01. The molecule has 2 atom stereocenters. The zero-order valence-electron chi connectivity index (χ0n) is 10.8. The minimum atomic E-state index is 0.237. The van der Waals surface area contributed by atoms with Crippen LogP contribution in [0.2, 0.25) is 5.54 Å². The van der Waals surface area contributed by atoms with Crippen molar-refractivity contribution < 1.29 is 9.16 Å². The standard InChI is InChI=1S/C14H20O2Si/c1-5-12-8-7-9-13(10-12)16-17-14(6-2)11(3)15-4/h5,7-11,14H,1,6H2,2-4H3. The second-order valence-corrected chi connectivity index (χ2v) is 5.13. The van der Waals surface area contributed by atoms with Crippen LogP contribution in [-0.4, -0.2) is 23.0 Å². The van der Waals surface area contributed by atoms with Crippen LogP contribution >= 0.6 is 0 Å². The monoisotopic (exact) mass is 248 g/mol. The molecule has 0 heterocycles. The molecule has 17 heavy (non-hydrogen) atoms. The average Bonchev–Trinajstić information content (AvgIpc) is 2.39. The van der Waals surface area contributed by atoms with Gasteiger partial charge in [0.1, 0.15) is 5.75 Å². The third-order valence-corrected chi connectivity index (χ3v) is 4.33. The van der Waals surface area contributed by atoms with Crippen LogP contribution in [0, 0.1) is 0 Å². The molecule has 0 spiro atoms. The van der Waals surface area contributed by atoms with Crippen molar-refractivity contribution in [3.63, 3.8) is 0 Å². The lowest BCUT2D eigenvalue weighted by molar-refractivity contribution is 0.108. The molecule has 0 bridgehead atoms. The Morgan fingerprint density at radius 1 is 1.47 bits per heavy atom. The Balaban J connectivity index is 2.56.